The number of ether oxygens (including phenoxy) is 2. The third-order valence-electron chi connectivity index (χ3n) is 6.98. The van der Waals surface area contributed by atoms with E-state index in [4.69, 9.17) is 9.47 Å². The zero-order valence-electron chi connectivity index (χ0n) is 21.6. The molecule has 1 atom stereocenters. The van der Waals surface area contributed by atoms with Crippen molar-refractivity contribution in [3.63, 3.8) is 0 Å². The Morgan fingerprint density at radius 2 is 1.57 bits per heavy atom. The zero-order chi connectivity index (χ0) is 26.3. The highest BCUT2D eigenvalue weighted by atomic mass is 16.6. The third-order valence-corrected chi connectivity index (χ3v) is 6.98. The van der Waals surface area contributed by atoms with Crippen LogP contribution >= 0.6 is 0 Å². The van der Waals surface area contributed by atoms with E-state index in [0.717, 1.165) is 23.1 Å². The highest BCUT2D eigenvalue weighted by Gasteiger charge is 2.47. The molecule has 37 heavy (non-hydrogen) atoms. The SMILES string of the molecule is CCc1ccc(C2/C(=C(/O)c3ccc4c(c3)OCCO4)C(=O)C(=O)N2c2ccc(C(C)(C)C)cc2)cc1. The lowest BCUT2D eigenvalue weighted by Crippen LogP contribution is -2.29. The molecule has 1 N–H and O–H groups in total. The average Bonchev–Trinajstić information content (AvgIpc) is 3.17. The molecule has 1 fully saturated rings. The van der Waals surface area contributed by atoms with Crippen molar-refractivity contribution in [1.82, 2.24) is 0 Å². The monoisotopic (exact) mass is 497 g/mol. The van der Waals surface area contributed by atoms with Crippen LogP contribution in [0, 0.1) is 0 Å². The van der Waals surface area contributed by atoms with Crippen molar-refractivity contribution in [3.05, 3.63) is 94.6 Å². The first-order valence-electron chi connectivity index (χ1n) is 12.6. The van der Waals surface area contributed by atoms with Gasteiger partial charge in [0.1, 0.15) is 19.0 Å². The molecule has 0 saturated carbocycles. The summed E-state index contributed by atoms with van der Waals surface area (Å²) in [6.45, 7) is 9.28. The van der Waals surface area contributed by atoms with Gasteiger partial charge in [-0.1, -0.05) is 64.1 Å². The molecular formula is C31H31NO5. The fourth-order valence-corrected chi connectivity index (χ4v) is 4.82. The van der Waals surface area contributed by atoms with Crippen LogP contribution in [0.15, 0.2) is 72.3 Å². The zero-order valence-corrected chi connectivity index (χ0v) is 21.6. The fraction of sp³-hybridized carbons (Fsp3) is 0.290. The minimum atomic E-state index is -0.778. The first-order valence-corrected chi connectivity index (χ1v) is 12.6. The number of amides is 1. The molecule has 5 rings (SSSR count). The van der Waals surface area contributed by atoms with Gasteiger partial charge in [-0.25, -0.2) is 0 Å². The van der Waals surface area contributed by atoms with Crippen LogP contribution in [0.25, 0.3) is 5.76 Å². The lowest BCUT2D eigenvalue weighted by molar-refractivity contribution is -0.132. The Hall–Kier alpha value is -4.06. The molecule has 0 radical (unpaired) electrons. The van der Waals surface area contributed by atoms with E-state index in [0.29, 0.717) is 36.0 Å². The molecule has 0 bridgehead atoms. The Morgan fingerprint density at radius 3 is 2.19 bits per heavy atom. The number of nitrogens with zero attached hydrogens (tertiary/aromatic N) is 1. The number of aryl methyl sites for hydroxylation is 1. The molecule has 1 unspecified atom stereocenters. The van der Waals surface area contributed by atoms with Crippen LogP contribution in [0.3, 0.4) is 0 Å². The number of fused-ring (bicyclic) bond motifs is 1. The van der Waals surface area contributed by atoms with E-state index < -0.39 is 17.7 Å². The Bertz CT molecular complexity index is 1380. The number of hydrogen-bond acceptors (Lipinski definition) is 5. The second-order valence-corrected chi connectivity index (χ2v) is 10.4. The van der Waals surface area contributed by atoms with Gasteiger partial charge in [-0.15, -0.1) is 0 Å². The van der Waals surface area contributed by atoms with Crippen LogP contribution in [-0.2, 0) is 21.4 Å². The van der Waals surface area contributed by atoms with Crippen LogP contribution in [0.2, 0.25) is 0 Å². The molecule has 6 nitrogen and oxygen atoms in total. The van der Waals surface area contributed by atoms with Gasteiger partial charge < -0.3 is 14.6 Å². The number of hydrogen-bond donors (Lipinski definition) is 1. The van der Waals surface area contributed by atoms with E-state index in [1.165, 1.54) is 4.90 Å². The normalized spacial score (nSPS) is 18.8. The smallest absolute Gasteiger partial charge is 0.300 e. The molecule has 0 aliphatic carbocycles. The van der Waals surface area contributed by atoms with Gasteiger partial charge in [0.2, 0.25) is 0 Å². The number of Topliss-reactive ketones (excluding diaryl/α,β-unsaturated/α-hetero) is 1. The van der Waals surface area contributed by atoms with Crippen molar-refractivity contribution in [2.45, 2.75) is 45.6 Å². The second-order valence-electron chi connectivity index (χ2n) is 10.4. The summed E-state index contributed by atoms with van der Waals surface area (Å²) in [7, 11) is 0. The summed E-state index contributed by atoms with van der Waals surface area (Å²) in [6, 6.07) is 19.7. The molecule has 1 amide bonds. The number of carbonyl (C=O) groups is 2. The largest absolute Gasteiger partial charge is 0.507 e. The average molecular weight is 498 g/mol. The van der Waals surface area contributed by atoms with E-state index in [9.17, 15) is 14.7 Å². The lowest BCUT2D eigenvalue weighted by Gasteiger charge is -2.27. The first-order chi connectivity index (χ1) is 17.7. The van der Waals surface area contributed by atoms with Crippen LogP contribution in [0.1, 0.15) is 56.0 Å². The van der Waals surface area contributed by atoms with Gasteiger partial charge in [0.15, 0.2) is 11.5 Å². The Kier molecular flexibility index (Phi) is 6.28. The third kappa shape index (κ3) is 4.48. The van der Waals surface area contributed by atoms with Crippen LogP contribution < -0.4 is 14.4 Å². The van der Waals surface area contributed by atoms with E-state index in [2.05, 4.69) is 27.7 Å². The number of ketones is 1. The van der Waals surface area contributed by atoms with Crippen LogP contribution in [-0.4, -0.2) is 30.0 Å². The van der Waals surface area contributed by atoms with Crippen molar-refractivity contribution in [2.75, 3.05) is 18.1 Å². The van der Waals surface area contributed by atoms with Crippen LogP contribution in [0.5, 0.6) is 11.5 Å². The van der Waals surface area contributed by atoms with Gasteiger partial charge in [-0.3, -0.25) is 14.5 Å². The van der Waals surface area contributed by atoms with Gasteiger partial charge in [0.25, 0.3) is 11.7 Å². The molecule has 1 saturated heterocycles. The van der Waals surface area contributed by atoms with E-state index >= 15 is 0 Å². The predicted octanol–water partition coefficient (Wildman–Crippen LogP) is 5.94. The molecular weight excluding hydrogens is 466 g/mol. The van der Waals surface area contributed by atoms with Gasteiger partial charge >= 0.3 is 0 Å². The molecule has 3 aromatic rings. The van der Waals surface area contributed by atoms with E-state index in [1.807, 2.05) is 48.5 Å². The maximum Gasteiger partial charge on any atom is 0.300 e. The first kappa shape index (κ1) is 24.6. The standard InChI is InChI=1S/C31H31NO5/c1-5-19-6-8-20(9-7-19)27-26(28(33)21-10-15-24-25(18-21)37-17-16-36-24)29(34)30(35)32(27)23-13-11-22(12-14-23)31(2,3)4/h6-15,18,27,33H,5,16-17H2,1-4H3/b28-26-. The van der Waals surface area contributed by atoms with Crippen molar-refractivity contribution in [1.29, 1.82) is 0 Å². The summed E-state index contributed by atoms with van der Waals surface area (Å²) in [4.78, 5) is 28.4. The Labute approximate surface area is 217 Å². The van der Waals surface area contributed by atoms with Gasteiger partial charge in [-0.2, -0.15) is 0 Å². The topological polar surface area (TPSA) is 76.1 Å². The van der Waals surface area contributed by atoms with Gasteiger partial charge in [0.05, 0.1) is 11.6 Å². The van der Waals surface area contributed by atoms with Crippen LogP contribution in [0.4, 0.5) is 5.69 Å². The number of anilines is 1. The van der Waals surface area contributed by atoms with Gasteiger partial charge in [0, 0.05) is 11.3 Å². The second kappa shape index (κ2) is 9.43. The molecule has 2 aliphatic heterocycles. The summed E-state index contributed by atoms with van der Waals surface area (Å²) in [5, 5.41) is 11.4. The molecule has 0 spiro atoms. The Morgan fingerprint density at radius 1 is 0.919 bits per heavy atom. The molecule has 2 heterocycles. The predicted molar refractivity (Wildman–Crippen MR) is 143 cm³/mol. The summed E-state index contributed by atoms with van der Waals surface area (Å²) in [5.41, 5.74) is 3.98. The minimum absolute atomic E-state index is 0.0471. The lowest BCUT2D eigenvalue weighted by atomic mass is 9.87. The summed E-state index contributed by atoms with van der Waals surface area (Å²) in [5.74, 6) is -0.572. The summed E-state index contributed by atoms with van der Waals surface area (Å²) in [6.07, 6.45) is 0.867. The highest BCUT2D eigenvalue weighted by molar-refractivity contribution is 6.51. The summed E-state index contributed by atoms with van der Waals surface area (Å²) < 4.78 is 11.3. The van der Waals surface area contributed by atoms with Crippen molar-refractivity contribution < 1.29 is 24.2 Å². The van der Waals surface area contributed by atoms with Crippen molar-refractivity contribution in [2.24, 2.45) is 0 Å². The maximum atomic E-state index is 13.5. The number of aliphatic hydroxyl groups excluding tert-OH is 1. The van der Waals surface area contributed by atoms with E-state index in [-0.39, 0.29) is 16.7 Å². The fourth-order valence-electron chi connectivity index (χ4n) is 4.82. The number of benzene rings is 3. The number of aliphatic hydroxyl groups is 1. The molecule has 3 aromatic carbocycles. The Balaban J connectivity index is 1.65. The molecule has 6 heteroatoms. The number of carbonyl (C=O) groups excluding carboxylic acids is 2. The molecule has 190 valence electrons. The maximum absolute atomic E-state index is 13.5. The summed E-state index contributed by atoms with van der Waals surface area (Å²) >= 11 is 0. The quantitative estimate of drug-likeness (QED) is 0.274. The highest BCUT2D eigenvalue weighted by Crippen LogP contribution is 2.43. The van der Waals surface area contributed by atoms with Crippen molar-refractivity contribution in [3.8, 4) is 11.5 Å². The van der Waals surface area contributed by atoms with Crippen molar-refractivity contribution >= 4 is 23.1 Å². The van der Waals surface area contributed by atoms with Gasteiger partial charge in [-0.05, 0) is 58.9 Å². The van der Waals surface area contributed by atoms with E-state index in [1.54, 1.807) is 18.2 Å². The molecule has 0 aromatic heterocycles. The molecule has 2 aliphatic rings. The minimum Gasteiger partial charge on any atom is -0.507 e. The number of rotatable bonds is 4.